The maximum absolute atomic E-state index is 12.3. The molecule has 1 amide bonds. The highest BCUT2D eigenvalue weighted by Gasteiger charge is 2.42. The molecule has 7 heteroatoms. The molecule has 0 aliphatic heterocycles. The van der Waals surface area contributed by atoms with Crippen molar-refractivity contribution in [1.82, 2.24) is 0 Å². The Balaban J connectivity index is 3.15. The van der Waals surface area contributed by atoms with Gasteiger partial charge in [0, 0.05) is 11.5 Å². The molecule has 3 nitrogen and oxygen atoms in total. The Bertz CT molecular complexity index is 434. The minimum Gasteiger partial charge on any atom is -0.495 e. The molecule has 0 heterocycles. The Hall–Kier alpha value is -1.24. The van der Waals surface area contributed by atoms with Gasteiger partial charge >= 0.3 is 12.1 Å². The molecule has 17 heavy (non-hydrogen) atoms. The average molecular weight is 312 g/mol. The summed E-state index contributed by atoms with van der Waals surface area (Å²) in [6.07, 6.45) is -4.91. The quantitative estimate of drug-likeness (QED) is 0.840. The highest BCUT2D eigenvalue weighted by Crippen LogP contribution is 2.32. The van der Waals surface area contributed by atoms with Gasteiger partial charge in [-0.3, -0.25) is 4.79 Å². The van der Waals surface area contributed by atoms with Gasteiger partial charge in [-0.05, 0) is 18.2 Å². The first-order chi connectivity index (χ1) is 7.77. The Labute approximate surface area is 104 Å². The van der Waals surface area contributed by atoms with Crippen molar-refractivity contribution in [3.8, 4) is 5.75 Å². The number of halogens is 4. The van der Waals surface area contributed by atoms with Crippen LogP contribution in [0.2, 0.25) is 0 Å². The van der Waals surface area contributed by atoms with Crippen molar-refractivity contribution in [2.24, 2.45) is 0 Å². The molecule has 0 fully saturated rings. The lowest BCUT2D eigenvalue weighted by molar-refractivity contribution is -0.170. The third-order valence-electron chi connectivity index (χ3n) is 2.05. The van der Waals surface area contributed by atoms with Gasteiger partial charge in [-0.25, -0.2) is 0 Å². The first kappa shape index (κ1) is 13.8. The maximum atomic E-state index is 12.3. The van der Waals surface area contributed by atoms with Crippen LogP contribution in [0.15, 0.2) is 22.7 Å². The van der Waals surface area contributed by atoms with Gasteiger partial charge in [0.05, 0.1) is 12.8 Å². The van der Waals surface area contributed by atoms with Gasteiger partial charge in [-0.1, -0.05) is 15.9 Å². The number of ether oxygens (including phenoxy) is 1. The molecule has 94 valence electrons. The predicted molar refractivity (Wildman–Crippen MR) is 60.2 cm³/mol. The van der Waals surface area contributed by atoms with Crippen LogP contribution >= 0.6 is 15.9 Å². The second-order valence-electron chi connectivity index (χ2n) is 3.18. The number of rotatable bonds is 2. The molecule has 1 aromatic carbocycles. The zero-order valence-electron chi connectivity index (χ0n) is 9.01. The predicted octanol–water partition coefficient (Wildman–Crippen LogP) is 2.98. The first-order valence-corrected chi connectivity index (χ1v) is 5.25. The van der Waals surface area contributed by atoms with Gasteiger partial charge in [0.1, 0.15) is 5.75 Å². The molecule has 1 aromatic rings. The van der Waals surface area contributed by atoms with Crippen molar-refractivity contribution in [3.63, 3.8) is 0 Å². The molecule has 0 saturated carbocycles. The number of amides is 1. The summed E-state index contributed by atoms with van der Waals surface area (Å²) >= 11 is 3.12. The molecule has 0 aromatic heterocycles. The summed E-state index contributed by atoms with van der Waals surface area (Å²) in [6.45, 7) is 0. The molecule has 0 spiro atoms. The summed E-state index contributed by atoms with van der Waals surface area (Å²) in [6, 6.07) is 4.45. The summed E-state index contributed by atoms with van der Waals surface area (Å²) in [4.78, 5) is 11.6. The van der Waals surface area contributed by atoms with Gasteiger partial charge in [0.25, 0.3) is 0 Å². The molecule has 0 aliphatic rings. The van der Waals surface area contributed by atoms with E-state index in [1.165, 1.54) is 19.2 Å². The average Bonchev–Trinajstić information content (AvgIpc) is 2.25. The number of alkyl halides is 3. The standard InChI is InChI=1S/C10H9BrF3NO2/c1-15(9(16)10(12,13)14)7-5-6(11)3-4-8(7)17-2/h3-5H,1-2H3. The smallest absolute Gasteiger partial charge is 0.471 e. The molecule has 0 unspecified atom stereocenters. The van der Waals surface area contributed by atoms with Crippen molar-refractivity contribution in [3.05, 3.63) is 22.7 Å². The molecule has 0 radical (unpaired) electrons. The van der Waals surface area contributed by atoms with Crippen molar-refractivity contribution in [1.29, 1.82) is 0 Å². The van der Waals surface area contributed by atoms with E-state index in [4.69, 9.17) is 4.74 Å². The summed E-state index contributed by atoms with van der Waals surface area (Å²) in [5.74, 6) is -1.76. The second kappa shape index (κ2) is 4.95. The molecule has 0 bridgehead atoms. The molecule has 1 rings (SSSR count). The van der Waals surface area contributed by atoms with Crippen LogP contribution in [0.25, 0.3) is 0 Å². The Morgan fingerprint density at radius 3 is 2.47 bits per heavy atom. The number of hydrogen-bond acceptors (Lipinski definition) is 2. The maximum Gasteiger partial charge on any atom is 0.471 e. The van der Waals surface area contributed by atoms with Crippen LogP contribution in [-0.2, 0) is 4.79 Å². The number of nitrogens with zero attached hydrogens (tertiary/aromatic N) is 1. The number of carbonyl (C=O) groups is 1. The molecule has 0 N–H and O–H groups in total. The summed E-state index contributed by atoms with van der Waals surface area (Å²) in [5.41, 5.74) is 0.0456. The number of anilines is 1. The third-order valence-corrected chi connectivity index (χ3v) is 2.54. The molecule has 0 saturated heterocycles. The van der Waals surface area contributed by atoms with Crippen LogP contribution in [0.1, 0.15) is 0 Å². The van der Waals surface area contributed by atoms with E-state index in [-0.39, 0.29) is 11.4 Å². The Morgan fingerprint density at radius 2 is 2.00 bits per heavy atom. The van der Waals surface area contributed by atoms with Gasteiger partial charge in [0.2, 0.25) is 0 Å². The zero-order chi connectivity index (χ0) is 13.2. The lowest BCUT2D eigenvalue weighted by Gasteiger charge is -2.21. The fourth-order valence-electron chi connectivity index (χ4n) is 1.22. The molecule has 0 aliphatic carbocycles. The highest BCUT2D eigenvalue weighted by atomic mass is 79.9. The van der Waals surface area contributed by atoms with Gasteiger partial charge in [-0.2, -0.15) is 13.2 Å². The molecular formula is C10H9BrF3NO2. The fraction of sp³-hybridized carbons (Fsp3) is 0.300. The van der Waals surface area contributed by atoms with E-state index in [9.17, 15) is 18.0 Å². The van der Waals surface area contributed by atoms with Crippen molar-refractivity contribution in [2.45, 2.75) is 6.18 Å². The highest BCUT2D eigenvalue weighted by molar-refractivity contribution is 9.10. The van der Waals surface area contributed by atoms with E-state index in [1.54, 1.807) is 6.07 Å². The third kappa shape index (κ3) is 3.12. The zero-order valence-corrected chi connectivity index (χ0v) is 10.6. The number of hydrogen-bond donors (Lipinski definition) is 0. The lowest BCUT2D eigenvalue weighted by Crippen LogP contribution is -2.38. The lowest BCUT2D eigenvalue weighted by atomic mass is 10.2. The molecule has 0 atom stereocenters. The second-order valence-corrected chi connectivity index (χ2v) is 4.09. The van der Waals surface area contributed by atoms with Crippen molar-refractivity contribution < 1.29 is 22.7 Å². The Kier molecular flexibility index (Phi) is 4.03. The Morgan fingerprint density at radius 1 is 1.41 bits per heavy atom. The SMILES string of the molecule is COc1ccc(Br)cc1N(C)C(=O)C(F)(F)F. The topological polar surface area (TPSA) is 29.5 Å². The number of carbonyl (C=O) groups excluding carboxylic acids is 1. The van der Waals surface area contributed by atoms with E-state index in [1.807, 2.05) is 0 Å². The van der Waals surface area contributed by atoms with Crippen LogP contribution in [0.5, 0.6) is 5.75 Å². The number of benzene rings is 1. The number of methoxy groups -OCH3 is 1. The fourth-order valence-corrected chi connectivity index (χ4v) is 1.57. The summed E-state index contributed by atoms with van der Waals surface area (Å²) in [7, 11) is 2.36. The van der Waals surface area contributed by atoms with E-state index < -0.39 is 12.1 Å². The molecular weight excluding hydrogens is 303 g/mol. The monoisotopic (exact) mass is 311 g/mol. The van der Waals surface area contributed by atoms with E-state index >= 15 is 0 Å². The first-order valence-electron chi connectivity index (χ1n) is 4.45. The van der Waals surface area contributed by atoms with E-state index in [2.05, 4.69) is 15.9 Å². The van der Waals surface area contributed by atoms with Crippen LogP contribution < -0.4 is 9.64 Å². The van der Waals surface area contributed by atoms with Gasteiger partial charge < -0.3 is 9.64 Å². The van der Waals surface area contributed by atoms with Gasteiger partial charge in [0.15, 0.2) is 0 Å². The van der Waals surface area contributed by atoms with Crippen molar-refractivity contribution in [2.75, 3.05) is 19.1 Å². The van der Waals surface area contributed by atoms with E-state index in [0.717, 1.165) is 7.05 Å². The summed E-state index contributed by atoms with van der Waals surface area (Å²) < 4.78 is 42.3. The largest absolute Gasteiger partial charge is 0.495 e. The van der Waals surface area contributed by atoms with Crippen LogP contribution in [0, 0.1) is 0 Å². The normalized spacial score (nSPS) is 11.2. The van der Waals surface area contributed by atoms with E-state index in [0.29, 0.717) is 9.37 Å². The minimum atomic E-state index is -4.91. The minimum absolute atomic E-state index is 0.0456. The van der Waals surface area contributed by atoms with Crippen LogP contribution in [0.3, 0.4) is 0 Å². The van der Waals surface area contributed by atoms with Crippen LogP contribution in [-0.4, -0.2) is 26.2 Å². The van der Waals surface area contributed by atoms with Crippen LogP contribution in [0.4, 0.5) is 18.9 Å². The summed E-state index contributed by atoms with van der Waals surface area (Å²) in [5, 5.41) is 0. The van der Waals surface area contributed by atoms with Gasteiger partial charge in [-0.15, -0.1) is 0 Å². The van der Waals surface area contributed by atoms with Crippen molar-refractivity contribution >= 4 is 27.5 Å².